The Hall–Kier alpha value is -7.86. The van der Waals surface area contributed by atoms with Gasteiger partial charge in [-0.1, -0.05) is 73.7 Å². The summed E-state index contributed by atoms with van der Waals surface area (Å²) in [4.78, 5) is 21.2. The van der Waals surface area contributed by atoms with Crippen LogP contribution in [0.2, 0.25) is 0 Å². The van der Waals surface area contributed by atoms with Crippen molar-refractivity contribution in [2.75, 3.05) is 27.4 Å². The van der Waals surface area contributed by atoms with Crippen LogP contribution in [0.1, 0.15) is 82.6 Å². The van der Waals surface area contributed by atoms with Gasteiger partial charge in [0.05, 0.1) is 104 Å². The first-order valence-electron chi connectivity index (χ1n) is 21.6. The second-order valence-electron chi connectivity index (χ2n) is 13.8. The Morgan fingerprint density at radius 1 is 0.458 bits per heavy atom. The molecule has 406 valence electrons. The lowest BCUT2D eigenvalue weighted by Gasteiger charge is -1.97. The van der Waals surface area contributed by atoms with E-state index in [9.17, 15) is 9.59 Å². The van der Waals surface area contributed by atoms with Gasteiger partial charge in [0.1, 0.15) is 0 Å². The van der Waals surface area contributed by atoms with Gasteiger partial charge in [0.15, 0.2) is 0 Å². The lowest BCUT2D eigenvalue weighted by Crippen LogP contribution is -2.07. The summed E-state index contributed by atoms with van der Waals surface area (Å²) in [6.07, 6.45) is 25.8. The molecule has 0 radical (unpaired) electrons. The zero-order valence-electron chi connectivity index (χ0n) is 44.6. The third-order valence-corrected chi connectivity index (χ3v) is 5.17. The van der Waals surface area contributed by atoms with Crippen molar-refractivity contribution in [2.24, 2.45) is 14.1 Å². The zero-order chi connectivity index (χ0) is 55.5. The number of hydrogen-bond donors (Lipinski definition) is 2. The summed E-state index contributed by atoms with van der Waals surface area (Å²) in [7, 11) is 6.38. The fraction of sp³-hybridized carbons (Fsp3) is 0.458. The Balaban J connectivity index is -0.000000132. The Morgan fingerprint density at radius 3 is 0.778 bits per heavy atom. The van der Waals surface area contributed by atoms with Gasteiger partial charge in [-0.05, 0) is 62.3 Å². The predicted molar refractivity (Wildman–Crippen MR) is 285 cm³/mol. The monoisotopic (exact) mass is 1010 g/mol. The fourth-order valence-electron chi connectivity index (χ4n) is 2.76. The molecule has 24 heteroatoms. The maximum absolute atomic E-state index is 10.6. The Morgan fingerprint density at radius 2 is 0.653 bits per heavy atom. The third kappa shape index (κ3) is 79.2. The number of rotatable bonds is 10. The van der Waals surface area contributed by atoms with Crippen molar-refractivity contribution in [3.05, 3.63) is 149 Å². The lowest BCUT2D eigenvalue weighted by atomic mass is 10.4. The topological polar surface area (TPSA) is 277 Å². The van der Waals surface area contributed by atoms with Crippen LogP contribution in [0, 0.1) is 0 Å². The van der Waals surface area contributed by atoms with E-state index in [-0.39, 0.29) is 32.6 Å². The van der Waals surface area contributed by atoms with Gasteiger partial charge >= 0.3 is 11.9 Å². The van der Waals surface area contributed by atoms with E-state index in [1.165, 1.54) is 30.9 Å². The summed E-state index contributed by atoms with van der Waals surface area (Å²) < 4.78 is 18.5. The molecule has 0 saturated carbocycles. The molecule has 72 heavy (non-hydrogen) atoms. The molecule has 0 aliphatic rings. The van der Waals surface area contributed by atoms with Gasteiger partial charge in [-0.15, -0.1) is 70.1 Å². The molecule has 6 aromatic heterocycles. The number of carbonyl (C=O) groups excluding carboxylic acids is 2. The molecule has 0 spiro atoms. The molecule has 0 atom stereocenters. The summed E-state index contributed by atoms with van der Waals surface area (Å²) in [5, 5.41) is 59.8. The van der Waals surface area contributed by atoms with Crippen LogP contribution in [0.15, 0.2) is 149 Å². The van der Waals surface area contributed by atoms with Gasteiger partial charge in [0, 0.05) is 51.3 Å². The first-order chi connectivity index (χ1) is 33.7. The van der Waals surface area contributed by atoms with E-state index in [4.69, 9.17) is 10.2 Å². The third-order valence-electron chi connectivity index (χ3n) is 5.17. The predicted octanol–water partition coefficient (Wildman–Crippen LogP) is 6.81. The molecule has 24 nitrogen and oxygen atoms in total. The molecule has 2 N–H and O–H groups in total. The first kappa shape index (κ1) is 78.3. The molecule has 0 bridgehead atoms. The average Bonchev–Trinajstić information content (AvgIpc) is 4.16. The summed E-state index contributed by atoms with van der Waals surface area (Å²) >= 11 is 0. The van der Waals surface area contributed by atoms with Crippen LogP contribution in [0.5, 0.6) is 0 Å². The fourth-order valence-corrected chi connectivity index (χ4v) is 2.76. The van der Waals surface area contributed by atoms with Crippen LogP contribution in [0.3, 0.4) is 0 Å². The Labute approximate surface area is 429 Å². The highest BCUT2D eigenvalue weighted by Crippen LogP contribution is 1.90. The highest BCUT2D eigenvalue weighted by Gasteiger charge is 2.00. The van der Waals surface area contributed by atoms with Gasteiger partial charge in [-0.25, -0.2) is 0 Å². The minimum absolute atomic E-state index is 0. The molecule has 6 heterocycles. The van der Waals surface area contributed by atoms with Crippen LogP contribution in [0.4, 0.5) is 0 Å². The quantitative estimate of drug-likeness (QED) is 0.105. The van der Waals surface area contributed by atoms with E-state index in [1.54, 1.807) is 121 Å². The lowest BCUT2D eigenvalue weighted by molar-refractivity contribution is -0.141. The van der Waals surface area contributed by atoms with Crippen LogP contribution < -0.4 is 0 Å². The van der Waals surface area contributed by atoms with Gasteiger partial charge < -0.3 is 19.7 Å². The number of nitrogens with zero attached hydrogens (tertiary/aromatic N) is 18. The number of aromatic nitrogens is 18. The minimum atomic E-state index is -0.236. The minimum Gasteiger partial charge on any atom is -0.469 e. The van der Waals surface area contributed by atoms with E-state index < -0.39 is 0 Å². The van der Waals surface area contributed by atoms with E-state index >= 15 is 0 Å². The molecule has 6 rings (SSSR count). The van der Waals surface area contributed by atoms with Crippen LogP contribution in [-0.2, 0) is 59.3 Å². The van der Waals surface area contributed by atoms with Crippen molar-refractivity contribution in [2.45, 2.75) is 109 Å². The van der Waals surface area contributed by atoms with Gasteiger partial charge in [0.25, 0.3) is 0 Å². The summed E-state index contributed by atoms with van der Waals surface area (Å²) in [5.74, 6) is -0.471. The molecule has 0 aliphatic heterocycles. The SMILES string of the molecule is C.C=C(C)C.C=C(C)C.C=C(C)C.C=CC.C=CC.C=CC.COC(=O)CCn1ccnn1.COC(=O)CCn1ccnn1.Cn1ccnn1.Cn1ccnn1.OCCn1ccnn1.OCCn1ccnn1. The number of ether oxygens (including phenoxy) is 2. The smallest absolute Gasteiger partial charge is 0.307 e. The number of allylic oxidation sites excluding steroid dienone is 6. The molecule has 0 saturated heterocycles. The van der Waals surface area contributed by atoms with E-state index in [1.807, 2.05) is 76.4 Å². The highest BCUT2D eigenvalue weighted by molar-refractivity contribution is 5.69. The molecule has 0 amide bonds. The average molecular weight is 1010 g/mol. The molecule has 6 aromatic rings. The molecule has 0 aromatic carbocycles. The summed E-state index contributed by atoms with van der Waals surface area (Å²) in [5.41, 5.74) is 3.50. The van der Waals surface area contributed by atoms with Gasteiger partial charge in [-0.3, -0.25) is 37.7 Å². The highest BCUT2D eigenvalue weighted by atomic mass is 16.5. The number of methoxy groups -OCH3 is 2. The van der Waals surface area contributed by atoms with Crippen LogP contribution in [-0.4, -0.2) is 140 Å². The largest absolute Gasteiger partial charge is 0.469 e. The Bertz CT molecular complexity index is 1830. The van der Waals surface area contributed by atoms with E-state index in [2.05, 4.69) is 111 Å². The van der Waals surface area contributed by atoms with Crippen LogP contribution in [0.25, 0.3) is 0 Å². The van der Waals surface area contributed by atoms with Crippen molar-refractivity contribution in [3.63, 3.8) is 0 Å². The normalized spacial score (nSPS) is 8.15. The maximum Gasteiger partial charge on any atom is 0.307 e. The molecular weight excluding hydrogens is 925 g/mol. The van der Waals surface area contributed by atoms with Crippen molar-refractivity contribution in [1.29, 1.82) is 0 Å². The Kier molecular flexibility index (Phi) is 68.7. The molecule has 0 aliphatic carbocycles. The van der Waals surface area contributed by atoms with E-state index in [0.29, 0.717) is 39.0 Å². The number of aliphatic hydroxyl groups is 2. The molecule has 0 fully saturated rings. The van der Waals surface area contributed by atoms with Gasteiger partial charge in [0.2, 0.25) is 0 Å². The van der Waals surface area contributed by atoms with Gasteiger partial charge in [-0.2, -0.15) is 0 Å². The van der Waals surface area contributed by atoms with Crippen LogP contribution >= 0.6 is 0 Å². The second kappa shape index (κ2) is 63.1. The number of carbonyl (C=O) groups is 2. The maximum atomic E-state index is 10.6. The molecular formula is C48H88N18O6. The zero-order valence-corrected chi connectivity index (χ0v) is 44.6. The van der Waals surface area contributed by atoms with Crippen molar-refractivity contribution in [1.82, 2.24) is 90.0 Å². The van der Waals surface area contributed by atoms with Crippen molar-refractivity contribution in [3.8, 4) is 0 Å². The number of hydrogen-bond acceptors (Lipinski definition) is 18. The number of aryl methyl sites for hydroxylation is 4. The second-order valence-corrected chi connectivity index (χ2v) is 13.8. The summed E-state index contributed by atoms with van der Waals surface area (Å²) in [6.45, 7) is 40.6. The van der Waals surface area contributed by atoms with Crippen molar-refractivity contribution >= 4 is 11.9 Å². The summed E-state index contributed by atoms with van der Waals surface area (Å²) in [6, 6.07) is 0. The molecule has 0 unspecified atom stereocenters. The number of aliphatic hydroxyl groups excluding tert-OH is 2. The van der Waals surface area contributed by atoms with Crippen molar-refractivity contribution < 1.29 is 29.3 Å². The number of esters is 2. The first-order valence-corrected chi connectivity index (χ1v) is 21.6. The standard InChI is InChI=1S/2C6H9N3O2.2C4H7N3O.3C4H8.2C3H5N3.3C3H6.CH4/c2*1-11-6(10)2-4-9-5-3-7-8-9;2*8-4-3-7-2-1-5-6-7;3*1-4(2)3;2*1-6-3-2-4-5-6;3*1-3-2;/h2*3,5H,2,4H2,1H3;2*1-2,8H,3-4H2;3*1H2,2-3H3;2*2-3H,1H3;3*3H,1H2,2H3;1H4. The van der Waals surface area contributed by atoms with E-state index in [0.717, 1.165) is 0 Å².